The van der Waals surface area contributed by atoms with Crippen LogP contribution >= 0.6 is 0 Å². The molecule has 0 atom stereocenters. The second kappa shape index (κ2) is 7.83. The molecule has 0 aromatic carbocycles. The van der Waals surface area contributed by atoms with Gasteiger partial charge in [0.15, 0.2) is 0 Å². The highest BCUT2D eigenvalue weighted by atomic mass is 16.4. The van der Waals surface area contributed by atoms with E-state index < -0.39 is 31.1 Å². The zero-order valence-corrected chi connectivity index (χ0v) is 11.6. The molecule has 0 unspecified atom stereocenters. The fourth-order valence-corrected chi connectivity index (χ4v) is 1.70. The summed E-state index contributed by atoms with van der Waals surface area (Å²) in [7, 11) is 1.50. The van der Waals surface area contributed by atoms with Gasteiger partial charge in [-0.15, -0.1) is 0 Å². The molecule has 0 spiro atoms. The zero-order chi connectivity index (χ0) is 15.8. The van der Waals surface area contributed by atoms with Crippen LogP contribution in [-0.4, -0.2) is 69.6 Å². The average Bonchev–Trinajstić information content (AvgIpc) is 2.43. The van der Waals surface area contributed by atoms with Crippen LogP contribution in [0.3, 0.4) is 0 Å². The highest BCUT2D eigenvalue weighted by Gasteiger charge is 2.22. The predicted molar refractivity (Wildman–Crippen MR) is 72.8 cm³/mol. The van der Waals surface area contributed by atoms with Crippen molar-refractivity contribution in [1.29, 1.82) is 0 Å². The maximum atomic E-state index is 12.0. The number of urea groups is 1. The molecule has 8 nitrogen and oxygen atoms in total. The third-order valence-electron chi connectivity index (χ3n) is 2.73. The molecule has 0 aliphatic heterocycles. The van der Waals surface area contributed by atoms with Gasteiger partial charge < -0.3 is 20.0 Å². The lowest BCUT2D eigenvalue weighted by Gasteiger charge is -2.25. The first-order chi connectivity index (χ1) is 9.90. The number of carbonyl (C=O) groups excluding carboxylic acids is 1. The Balaban J connectivity index is 2.60. The van der Waals surface area contributed by atoms with E-state index in [2.05, 4.69) is 4.98 Å². The first kappa shape index (κ1) is 16.4. The topological polar surface area (TPSA) is 111 Å². The van der Waals surface area contributed by atoms with E-state index >= 15 is 0 Å². The summed E-state index contributed by atoms with van der Waals surface area (Å²) in [6.07, 6.45) is 3.84. The van der Waals surface area contributed by atoms with Crippen LogP contribution < -0.4 is 0 Å². The molecule has 0 aliphatic carbocycles. The number of pyridine rings is 1. The van der Waals surface area contributed by atoms with Crippen LogP contribution in [0.1, 0.15) is 5.56 Å². The van der Waals surface area contributed by atoms with Crippen LogP contribution in [0.4, 0.5) is 4.79 Å². The van der Waals surface area contributed by atoms with Gasteiger partial charge in [-0.25, -0.2) is 4.79 Å². The SMILES string of the molecule is CN(CCc1ccncc1)C(=O)N(CC(=O)O)CC(=O)O. The average molecular weight is 295 g/mol. The van der Waals surface area contributed by atoms with Crippen molar-refractivity contribution in [3.8, 4) is 0 Å². The Bertz CT molecular complexity index is 490. The van der Waals surface area contributed by atoms with Gasteiger partial charge in [0.25, 0.3) is 0 Å². The Labute approximate surface area is 121 Å². The molecule has 1 rings (SSSR count). The molecule has 0 fully saturated rings. The van der Waals surface area contributed by atoms with Gasteiger partial charge >= 0.3 is 18.0 Å². The summed E-state index contributed by atoms with van der Waals surface area (Å²) in [4.78, 5) is 39.4. The van der Waals surface area contributed by atoms with E-state index in [1.54, 1.807) is 12.4 Å². The molecule has 2 N–H and O–H groups in total. The summed E-state index contributed by atoms with van der Waals surface area (Å²) >= 11 is 0. The van der Waals surface area contributed by atoms with E-state index in [0.717, 1.165) is 10.5 Å². The van der Waals surface area contributed by atoms with Crippen molar-refractivity contribution in [3.63, 3.8) is 0 Å². The molecule has 0 saturated heterocycles. The molecular formula is C13H17N3O5. The van der Waals surface area contributed by atoms with Crippen molar-refractivity contribution < 1.29 is 24.6 Å². The molecule has 0 radical (unpaired) electrons. The lowest BCUT2D eigenvalue weighted by atomic mass is 10.2. The Morgan fingerprint density at radius 3 is 2.10 bits per heavy atom. The molecule has 0 bridgehead atoms. The van der Waals surface area contributed by atoms with Gasteiger partial charge in [-0.1, -0.05) is 0 Å². The summed E-state index contributed by atoms with van der Waals surface area (Å²) < 4.78 is 0. The summed E-state index contributed by atoms with van der Waals surface area (Å²) in [6.45, 7) is -0.950. The monoisotopic (exact) mass is 295 g/mol. The van der Waals surface area contributed by atoms with Crippen LogP contribution in [0.5, 0.6) is 0 Å². The van der Waals surface area contributed by atoms with Crippen molar-refractivity contribution in [2.45, 2.75) is 6.42 Å². The molecule has 114 valence electrons. The third-order valence-corrected chi connectivity index (χ3v) is 2.73. The largest absolute Gasteiger partial charge is 0.480 e. The number of hydrogen-bond acceptors (Lipinski definition) is 4. The molecule has 0 saturated carbocycles. The quantitative estimate of drug-likeness (QED) is 0.740. The second-order valence-corrected chi connectivity index (χ2v) is 4.45. The lowest BCUT2D eigenvalue weighted by Crippen LogP contribution is -2.46. The summed E-state index contributed by atoms with van der Waals surface area (Å²) in [5.41, 5.74) is 0.979. The molecule has 8 heteroatoms. The molecule has 0 aliphatic rings. The number of amides is 2. The Morgan fingerprint density at radius 1 is 1.10 bits per heavy atom. The predicted octanol–water partition coefficient (Wildman–Crippen LogP) is 0.147. The van der Waals surface area contributed by atoms with E-state index in [1.165, 1.54) is 11.9 Å². The molecule has 2 amide bonds. The van der Waals surface area contributed by atoms with Gasteiger partial charge in [0.2, 0.25) is 0 Å². The molecular weight excluding hydrogens is 278 g/mol. The summed E-state index contributed by atoms with van der Waals surface area (Å²) in [5, 5.41) is 17.4. The van der Waals surface area contributed by atoms with E-state index in [-0.39, 0.29) is 0 Å². The highest BCUT2D eigenvalue weighted by molar-refractivity contribution is 5.84. The number of rotatable bonds is 7. The summed E-state index contributed by atoms with van der Waals surface area (Å²) in [6, 6.07) is 2.99. The number of aromatic nitrogens is 1. The third kappa shape index (κ3) is 5.89. The Hall–Kier alpha value is -2.64. The maximum absolute atomic E-state index is 12.0. The van der Waals surface area contributed by atoms with Crippen LogP contribution in [0.15, 0.2) is 24.5 Å². The number of carbonyl (C=O) groups is 3. The normalized spacial score (nSPS) is 9.95. The molecule has 1 aromatic rings. The van der Waals surface area contributed by atoms with E-state index in [4.69, 9.17) is 10.2 Å². The lowest BCUT2D eigenvalue weighted by molar-refractivity contribution is -0.140. The van der Waals surface area contributed by atoms with Gasteiger partial charge in [0.05, 0.1) is 0 Å². The number of carboxylic acids is 2. The number of nitrogens with zero attached hydrogens (tertiary/aromatic N) is 3. The fraction of sp³-hybridized carbons (Fsp3) is 0.385. The minimum absolute atomic E-state index is 0.346. The summed E-state index contributed by atoms with van der Waals surface area (Å²) in [5.74, 6) is -2.51. The van der Waals surface area contributed by atoms with Crippen LogP contribution in [0, 0.1) is 0 Å². The Morgan fingerprint density at radius 2 is 1.62 bits per heavy atom. The molecule has 21 heavy (non-hydrogen) atoms. The highest BCUT2D eigenvalue weighted by Crippen LogP contribution is 2.02. The van der Waals surface area contributed by atoms with Gasteiger partial charge in [0.1, 0.15) is 13.1 Å². The van der Waals surface area contributed by atoms with Gasteiger partial charge in [-0.05, 0) is 24.1 Å². The van der Waals surface area contributed by atoms with E-state index in [9.17, 15) is 14.4 Å². The molecule has 1 heterocycles. The van der Waals surface area contributed by atoms with Crippen LogP contribution in [0.2, 0.25) is 0 Å². The van der Waals surface area contributed by atoms with E-state index in [0.29, 0.717) is 13.0 Å². The number of aliphatic carboxylic acids is 2. The fourth-order valence-electron chi connectivity index (χ4n) is 1.70. The van der Waals surface area contributed by atoms with Crippen molar-refractivity contribution in [1.82, 2.24) is 14.8 Å². The number of carboxylic acid groups (broad SMARTS) is 2. The minimum atomic E-state index is -1.26. The smallest absolute Gasteiger partial charge is 0.323 e. The van der Waals surface area contributed by atoms with Crippen LogP contribution in [0.25, 0.3) is 0 Å². The first-order valence-corrected chi connectivity index (χ1v) is 6.22. The van der Waals surface area contributed by atoms with Crippen molar-refractivity contribution in [2.75, 3.05) is 26.7 Å². The first-order valence-electron chi connectivity index (χ1n) is 6.22. The van der Waals surface area contributed by atoms with Crippen molar-refractivity contribution in [2.24, 2.45) is 0 Å². The van der Waals surface area contributed by atoms with Crippen LogP contribution in [-0.2, 0) is 16.0 Å². The maximum Gasteiger partial charge on any atom is 0.323 e. The van der Waals surface area contributed by atoms with Gasteiger partial charge in [0, 0.05) is 26.0 Å². The molecule has 1 aromatic heterocycles. The van der Waals surface area contributed by atoms with Gasteiger partial charge in [-0.3, -0.25) is 14.6 Å². The number of hydrogen-bond donors (Lipinski definition) is 2. The zero-order valence-electron chi connectivity index (χ0n) is 11.6. The Kier molecular flexibility index (Phi) is 6.12. The number of likely N-dealkylation sites (N-methyl/N-ethyl adjacent to an activating group) is 1. The minimum Gasteiger partial charge on any atom is -0.480 e. The van der Waals surface area contributed by atoms with Crippen molar-refractivity contribution in [3.05, 3.63) is 30.1 Å². The van der Waals surface area contributed by atoms with E-state index in [1.807, 2.05) is 12.1 Å². The second-order valence-electron chi connectivity index (χ2n) is 4.45. The van der Waals surface area contributed by atoms with Crippen molar-refractivity contribution >= 4 is 18.0 Å². The standard InChI is InChI=1S/C13H17N3O5/c1-15(7-4-10-2-5-14-6-3-10)13(21)16(8-11(17)18)9-12(19)20/h2-3,5-6H,4,7-9H2,1H3,(H,17,18)(H,19,20). The van der Waals surface area contributed by atoms with Gasteiger partial charge in [-0.2, -0.15) is 0 Å².